The largest absolute Gasteiger partial charge is 0.506 e. The highest BCUT2D eigenvalue weighted by Gasteiger charge is 2.18. The summed E-state index contributed by atoms with van der Waals surface area (Å²) >= 11 is 5.86. The lowest BCUT2D eigenvalue weighted by atomic mass is 10.2. The monoisotopic (exact) mass is 360 g/mol. The zero-order valence-corrected chi connectivity index (χ0v) is 14.8. The van der Waals surface area contributed by atoms with Crippen molar-refractivity contribution in [1.29, 1.82) is 0 Å². The minimum absolute atomic E-state index is 0.0390. The lowest BCUT2D eigenvalue weighted by molar-refractivity contribution is 0.0951. The van der Waals surface area contributed by atoms with Crippen molar-refractivity contribution in [1.82, 2.24) is 15.2 Å². The van der Waals surface area contributed by atoms with E-state index in [0.717, 1.165) is 37.6 Å². The number of carbonyl (C=O) groups is 1. The van der Waals surface area contributed by atoms with Crippen LogP contribution in [0.5, 0.6) is 5.75 Å². The van der Waals surface area contributed by atoms with E-state index in [9.17, 15) is 9.90 Å². The van der Waals surface area contributed by atoms with Crippen LogP contribution in [0.2, 0.25) is 5.02 Å². The third-order valence-electron chi connectivity index (χ3n) is 4.32. The maximum atomic E-state index is 12.3. The molecule has 0 aliphatic carbocycles. The molecule has 0 unspecified atom stereocenters. The van der Waals surface area contributed by atoms with Gasteiger partial charge in [-0.1, -0.05) is 17.7 Å². The topological polar surface area (TPSA) is 68.7 Å². The fourth-order valence-corrected chi connectivity index (χ4v) is 2.98. The molecule has 0 spiro atoms. The van der Waals surface area contributed by atoms with Gasteiger partial charge >= 0.3 is 0 Å². The summed E-state index contributed by atoms with van der Waals surface area (Å²) in [6.45, 7) is 4.21. The first-order chi connectivity index (χ1) is 12.0. The first-order valence-corrected chi connectivity index (χ1v) is 8.56. The predicted molar refractivity (Wildman–Crippen MR) is 98.2 cm³/mol. The summed E-state index contributed by atoms with van der Waals surface area (Å²) in [6, 6.07) is 8.26. The zero-order valence-electron chi connectivity index (χ0n) is 14.1. The lowest BCUT2D eigenvalue weighted by Gasteiger charge is -2.34. The molecule has 3 rings (SSSR count). The molecule has 6 nitrogen and oxygen atoms in total. The molecule has 0 bridgehead atoms. The van der Waals surface area contributed by atoms with Crippen LogP contribution in [0.4, 0.5) is 5.82 Å². The second-order valence-electron chi connectivity index (χ2n) is 6.13. The Hall–Kier alpha value is -2.31. The normalized spacial score (nSPS) is 15.2. The molecular weight excluding hydrogens is 340 g/mol. The summed E-state index contributed by atoms with van der Waals surface area (Å²) in [5, 5.41) is 12.5. The van der Waals surface area contributed by atoms with Gasteiger partial charge in [0.2, 0.25) is 0 Å². The number of anilines is 1. The summed E-state index contributed by atoms with van der Waals surface area (Å²) in [5.74, 6) is 0.637. The molecule has 132 valence electrons. The van der Waals surface area contributed by atoms with Gasteiger partial charge in [0.1, 0.15) is 11.6 Å². The number of nitrogens with one attached hydrogen (secondary N) is 1. The Morgan fingerprint density at radius 2 is 2.04 bits per heavy atom. The number of nitrogens with zero attached hydrogens (tertiary/aromatic N) is 3. The van der Waals surface area contributed by atoms with Gasteiger partial charge in [0.15, 0.2) is 0 Å². The number of halogens is 1. The van der Waals surface area contributed by atoms with Gasteiger partial charge in [0.25, 0.3) is 5.91 Å². The van der Waals surface area contributed by atoms with E-state index in [1.165, 1.54) is 12.1 Å². The number of piperazine rings is 1. The highest BCUT2D eigenvalue weighted by Crippen LogP contribution is 2.24. The quantitative estimate of drug-likeness (QED) is 0.874. The van der Waals surface area contributed by atoms with Crippen LogP contribution in [-0.4, -0.2) is 54.1 Å². The summed E-state index contributed by atoms with van der Waals surface area (Å²) in [7, 11) is 2.11. The van der Waals surface area contributed by atoms with Crippen LogP contribution in [0, 0.1) is 0 Å². The molecule has 1 saturated heterocycles. The molecule has 1 aliphatic rings. The maximum Gasteiger partial charge on any atom is 0.251 e. The second-order valence-corrected chi connectivity index (χ2v) is 6.53. The number of hydrogen-bond donors (Lipinski definition) is 2. The zero-order chi connectivity index (χ0) is 17.8. The van der Waals surface area contributed by atoms with E-state index in [1.807, 2.05) is 12.1 Å². The van der Waals surface area contributed by atoms with Gasteiger partial charge < -0.3 is 20.2 Å². The number of benzene rings is 1. The Kier molecular flexibility index (Phi) is 5.40. The third-order valence-corrected chi connectivity index (χ3v) is 4.62. The van der Waals surface area contributed by atoms with Crippen LogP contribution in [0.25, 0.3) is 0 Å². The number of amides is 1. The first-order valence-electron chi connectivity index (χ1n) is 8.18. The van der Waals surface area contributed by atoms with E-state index in [4.69, 9.17) is 11.6 Å². The van der Waals surface area contributed by atoms with Crippen LogP contribution < -0.4 is 10.2 Å². The average Bonchev–Trinajstić information content (AvgIpc) is 2.63. The molecule has 1 aromatic heterocycles. The van der Waals surface area contributed by atoms with Crippen molar-refractivity contribution in [3.63, 3.8) is 0 Å². The predicted octanol–water partition coefficient (Wildman–Crippen LogP) is 2.12. The van der Waals surface area contributed by atoms with Crippen molar-refractivity contribution in [3.05, 3.63) is 52.7 Å². The molecule has 0 atom stereocenters. The van der Waals surface area contributed by atoms with Gasteiger partial charge in [0.05, 0.1) is 5.02 Å². The maximum absolute atomic E-state index is 12.3. The number of carbonyl (C=O) groups excluding carboxylic acids is 1. The van der Waals surface area contributed by atoms with Gasteiger partial charge in [-0.05, 0) is 31.3 Å². The SMILES string of the molecule is CN1CCN(c2ncccc2CNC(=O)c2ccc(O)c(Cl)c2)CC1. The highest BCUT2D eigenvalue weighted by atomic mass is 35.5. The van der Waals surface area contributed by atoms with Gasteiger partial charge in [0, 0.05) is 50.0 Å². The van der Waals surface area contributed by atoms with Gasteiger partial charge in [-0.25, -0.2) is 4.98 Å². The second kappa shape index (κ2) is 7.72. The number of aromatic nitrogens is 1. The molecule has 1 fully saturated rings. The number of pyridine rings is 1. The number of phenolic OH excluding ortho intramolecular Hbond substituents is 1. The summed E-state index contributed by atoms with van der Waals surface area (Å²) in [4.78, 5) is 21.4. The van der Waals surface area contributed by atoms with E-state index in [2.05, 4.69) is 27.1 Å². The van der Waals surface area contributed by atoms with E-state index >= 15 is 0 Å². The van der Waals surface area contributed by atoms with Gasteiger partial charge in [-0.2, -0.15) is 0 Å². The smallest absolute Gasteiger partial charge is 0.251 e. The minimum atomic E-state index is -0.241. The van der Waals surface area contributed by atoms with E-state index in [1.54, 1.807) is 12.3 Å². The average molecular weight is 361 g/mol. The fourth-order valence-electron chi connectivity index (χ4n) is 2.80. The molecule has 2 N–H and O–H groups in total. The number of likely N-dealkylation sites (N-methyl/N-ethyl adjacent to an activating group) is 1. The van der Waals surface area contributed by atoms with Crippen LogP contribution in [0.15, 0.2) is 36.5 Å². The number of rotatable bonds is 4. The molecule has 25 heavy (non-hydrogen) atoms. The highest BCUT2D eigenvalue weighted by molar-refractivity contribution is 6.32. The van der Waals surface area contributed by atoms with Crippen LogP contribution in [0.1, 0.15) is 15.9 Å². The van der Waals surface area contributed by atoms with Crippen molar-refractivity contribution >= 4 is 23.3 Å². The Labute approximate surface area is 152 Å². The Balaban J connectivity index is 1.69. The van der Waals surface area contributed by atoms with Gasteiger partial charge in [-0.3, -0.25) is 4.79 Å². The van der Waals surface area contributed by atoms with Crippen LogP contribution >= 0.6 is 11.6 Å². The molecule has 1 aliphatic heterocycles. The van der Waals surface area contributed by atoms with E-state index in [-0.39, 0.29) is 16.7 Å². The Morgan fingerprint density at radius 3 is 2.76 bits per heavy atom. The van der Waals surface area contributed by atoms with Crippen molar-refractivity contribution in [2.45, 2.75) is 6.54 Å². The van der Waals surface area contributed by atoms with Crippen molar-refractivity contribution in [2.24, 2.45) is 0 Å². The van der Waals surface area contributed by atoms with E-state index < -0.39 is 0 Å². The molecule has 1 aromatic carbocycles. The van der Waals surface area contributed by atoms with Gasteiger partial charge in [-0.15, -0.1) is 0 Å². The first kappa shape index (κ1) is 17.5. The molecule has 2 aromatic rings. The van der Waals surface area contributed by atoms with E-state index in [0.29, 0.717) is 12.1 Å². The molecule has 0 radical (unpaired) electrons. The van der Waals surface area contributed by atoms with Crippen LogP contribution in [-0.2, 0) is 6.54 Å². The fraction of sp³-hybridized carbons (Fsp3) is 0.333. The molecule has 0 saturated carbocycles. The van der Waals surface area contributed by atoms with Crippen molar-refractivity contribution in [2.75, 3.05) is 38.1 Å². The summed E-state index contributed by atoms with van der Waals surface area (Å²) < 4.78 is 0. The molecule has 2 heterocycles. The van der Waals surface area contributed by atoms with Crippen molar-refractivity contribution in [3.8, 4) is 5.75 Å². The standard InChI is InChI=1S/C18H21ClN4O2/c1-22-7-9-23(10-8-22)17-14(3-2-6-20-17)12-21-18(25)13-4-5-16(24)15(19)11-13/h2-6,11,24H,7-10,12H2,1H3,(H,21,25). The number of aromatic hydroxyl groups is 1. The Bertz CT molecular complexity index is 760. The molecule has 7 heteroatoms. The third kappa shape index (κ3) is 4.21. The summed E-state index contributed by atoms with van der Waals surface area (Å²) in [5.41, 5.74) is 1.39. The number of phenols is 1. The Morgan fingerprint density at radius 1 is 1.28 bits per heavy atom. The lowest BCUT2D eigenvalue weighted by Crippen LogP contribution is -2.45. The molecule has 1 amide bonds. The van der Waals surface area contributed by atoms with Crippen LogP contribution in [0.3, 0.4) is 0 Å². The van der Waals surface area contributed by atoms with Crippen molar-refractivity contribution < 1.29 is 9.90 Å². The number of hydrogen-bond acceptors (Lipinski definition) is 5. The molecular formula is C18H21ClN4O2. The summed E-state index contributed by atoms with van der Waals surface area (Å²) in [6.07, 6.45) is 1.78. The minimum Gasteiger partial charge on any atom is -0.506 e.